The second-order valence-corrected chi connectivity index (χ2v) is 5.37. The first-order chi connectivity index (χ1) is 9.40. The summed E-state index contributed by atoms with van der Waals surface area (Å²) in [7, 11) is 0. The average Bonchev–Trinajstić information content (AvgIpc) is 3.25. The van der Waals surface area contributed by atoms with Gasteiger partial charge in [-0.25, -0.2) is 0 Å². The van der Waals surface area contributed by atoms with Crippen LogP contribution >= 0.6 is 0 Å². The lowest BCUT2D eigenvalue weighted by molar-refractivity contribution is 0.395. The van der Waals surface area contributed by atoms with E-state index in [2.05, 4.69) is 60.7 Å². The number of ether oxygens (including phenoxy) is 1. The van der Waals surface area contributed by atoms with Crippen molar-refractivity contribution in [3.05, 3.63) is 65.7 Å². The zero-order chi connectivity index (χ0) is 12.4. The van der Waals surface area contributed by atoms with Crippen LogP contribution in [0.3, 0.4) is 0 Å². The van der Waals surface area contributed by atoms with Crippen LogP contribution in [0.2, 0.25) is 0 Å². The van der Waals surface area contributed by atoms with Crippen molar-refractivity contribution >= 4 is 27.6 Å². The van der Waals surface area contributed by atoms with E-state index in [1.807, 2.05) is 0 Å². The minimum atomic E-state index is 0.295. The van der Waals surface area contributed by atoms with Gasteiger partial charge in [0.2, 0.25) is 0 Å². The summed E-state index contributed by atoms with van der Waals surface area (Å²) in [5, 5.41) is 5.27. The van der Waals surface area contributed by atoms with Gasteiger partial charge in [-0.15, -0.1) is 0 Å². The molecule has 0 aromatic heterocycles. The third kappa shape index (κ3) is 1.28. The highest BCUT2D eigenvalue weighted by molar-refractivity contribution is 6.08. The molecule has 0 spiro atoms. The quantitative estimate of drug-likeness (QED) is 0.420. The fourth-order valence-corrected chi connectivity index (χ4v) is 3.20. The molecule has 1 nitrogen and oxygen atoms in total. The van der Waals surface area contributed by atoms with Crippen LogP contribution in [0.4, 0.5) is 0 Å². The molecule has 0 N–H and O–H groups in total. The summed E-state index contributed by atoms with van der Waals surface area (Å²) in [6.07, 6.45) is 4.97. The molecule has 2 aliphatic rings. The van der Waals surface area contributed by atoms with Gasteiger partial charge in [0, 0.05) is 0 Å². The molecule has 5 rings (SSSR count). The molecule has 1 aliphatic carbocycles. The number of fused-ring (bicyclic) bond motifs is 6. The smallest absolute Gasteiger partial charge is 0.114 e. The minimum Gasteiger partial charge on any atom is -0.360 e. The minimum absolute atomic E-state index is 0.295. The largest absolute Gasteiger partial charge is 0.360 e. The maximum absolute atomic E-state index is 5.68. The topological polar surface area (TPSA) is 12.5 Å². The molecule has 3 aromatic carbocycles. The van der Waals surface area contributed by atoms with E-state index in [0.29, 0.717) is 12.2 Å². The van der Waals surface area contributed by atoms with Gasteiger partial charge in [-0.05, 0) is 44.8 Å². The maximum atomic E-state index is 5.68. The highest BCUT2D eigenvalue weighted by Gasteiger charge is 2.41. The molecule has 1 heteroatoms. The highest BCUT2D eigenvalue weighted by atomic mass is 16.6. The summed E-state index contributed by atoms with van der Waals surface area (Å²) in [5.41, 5.74) is 2.65. The standard InChI is InChI=1S/C18H12O/c1-2-4-14-11(3-1)5-6-12-9-13-7-8-17-18(19-17)16(13)10-15(12)14/h1-10,17-18H. The van der Waals surface area contributed by atoms with Crippen LogP contribution in [0.1, 0.15) is 17.2 Å². The van der Waals surface area contributed by atoms with Gasteiger partial charge in [-0.3, -0.25) is 0 Å². The van der Waals surface area contributed by atoms with Crippen LogP contribution in [0.5, 0.6) is 0 Å². The molecule has 1 aliphatic heterocycles. The van der Waals surface area contributed by atoms with Crippen molar-refractivity contribution in [3.8, 4) is 0 Å². The van der Waals surface area contributed by atoms with E-state index in [0.717, 1.165) is 0 Å². The SMILES string of the molecule is C1=CC2OC2c2cc3c(ccc4ccccc43)cc21. The van der Waals surface area contributed by atoms with Gasteiger partial charge in [0.05, 0.1) is 0 Å². The normalized spacial score (nSPS) is 23.4. The molecule has 1 fully saturated rings. The lowest BCUT2D eigenvalue weighted by atomic mass is 9.92. The molecule has 2 unspecified atom stereocenters. The first-order valence-corrected chi connectivity index (χ1v) is 6.69. The molecule has 2 atom stereocenters. The van der Waals surface area contributed by atoms with E-state index >= 15 is 0 Å². The Kier molecular flexibility index (Phi) is 1.67. The third-order valence-corrected chi connectivity index (χ3v) is 4.25. The van der Waals surface area contributed by atoms with Crippen LogP contribution < -0.4 is 0 Å². The molecule has 0 amide bonds. The predicted molar refractivity (Wildman–Crippen MR) is 78.1 cm³/mol. The fourth-order valence-electron chi connectivity index (χ4n) is 3.20. The monoisotopic (exact) mass is 244 g/mol. The van der Waals surface area contributed by atoms with Crippen molar-refractivity contribution in [1.29, 1.82) is 0 Å². The third-order valence-electron chi connectivity index (χ3n) is 4.25. The molecular weight excluding hydrogens is 232 g/mol. The fraction of sp³-hybridized carbons (Fsp3) is 0.111. The second-order valence-electron chi connectivity index (χ2n) is 5.37. The van der Waals surface area contributed by atoms with Crippen molar-refractivity contribution in [3.63, 3.8) is 0 Å². The Morgan fingerprint density at radius 2 is 1.74 bits per heavy atom. The molecule has 90 valence electrons. The average molecular weight is 244 g/mol. The van der Waals surface area contributed by atoms with Gasteiger partial charge in [-0.2, -0.15) is 0 Å². The van der Waals surface area contributed by atoms with E-state index in [4.69, 9.17) is 4.74 Å². The lowest BCUT2D eigenvalue weighted by Gasteiger charge is -2.11. The van der Waals surface area contributed by atoms with Crippen LogP contribution in [-0.2, 0) is 4.74 Å². The Morgan fingerprint density at radius 1 is 0.842 bits per heavy atom. The molecule has 0 radical (unpaired) electrons. The number of epoxide rings is 1. The van der Waals surface area contributed by atoms with E-state index < -0.39 is 0 Å². The Balaban J connectivity index is 1.93. The van der Waals surface area contributed by atoms with Crippen LogP contribution in [0.25, 0.3) is 27.6 Å². The Morgan fingerprint density at radius 3 is 2.74 bits per heavy atom. The first-order valence-electron chi connectivity index (χ1n) is 6.69. The first kappa shape index (κ1) is 9.76. The summed E-state index contributed by atoms with van der Waals surface area (Å²) < 4.78 is 5.68. The molecule has 19 heavy (non-hydrogen) atoms. The molecular formula is C18H12O. The van der Waals surface area contributed by atoms with Gasteiger partial charge >= 0.3 is 0 Å². The van der Waals surface area contributed by atoms with Crippen molar-refractivity contribution in [1.82, 2.24) is 0 Å². The summed E-state index contributed by atoms with van der Waals surface area (Å²) >= 11 is 0. The summed E-state index contributed by atoms with van der Waals surface area (Å²) in [6.45, 7) is 0. The van der Waals surface area contributed by atoms with Gasteiger partial charge < -0.3 is 4.74 Å². The van der Waals surface area contributed by atoms with Crippen LogP contribution in [0, 0.1) is 0 Å². The molecule has 0 bridgehead atoms. The van der Waals surface area contributed by atoms with Crippen molar-refractivity contribution in [2.75, 3.05) is 0 Å². The lowest BCUT2D eigenvalue weighted by Crippen LogP contribution is -1.95. The summed E-state index contributed by atoms with van der Waals surface area (Å²) in [4.78, 5) is 0. The Bertz CT molecular complexity index is 860. The van der Waals surface area contributed by atoms with E-state index in [-0.39, 0.29) is 0 Å². The van der Waals surface area contributed by atoms with E-state index in [1.54, 1.807) is 0 Å². The van der Waals surface area contributed by atoms with Crippen LogP contribution in [0.15, 0.2) is 54.6 Å². The molecule has 0 saturated carbocycles. The van der Waals surface area contributed by atoms with Crippen LogP contribution in [-0.4, -0.2) is 6.10 Å². The van der Waals surface area contributed by atoms with Gasteiger partial charge in [0.15, 0.2) is 0 Å². The zero-order valence-corrected chi connectivity index (χ0v) is 10.3. The number of rotatable bonds is 0. The summed E-state index contributed by atoms with van der Waals surface area (Å²) in [6, 6.07) is 17.6. The van der Waals surface area contributed by atoms with Crippen molar-refractivity contribution in [2.45, 2.75) is 12.2 Å². The van der Waals surface area contributed by atoms with E-state index in [9.17, 15) is 0 Å². The molecule has 1 saturated heterocycles. The zero-order valence-electron chi connectivity index (χ0n) is 10.3. The highest BCUT2D eigenvalue weighted by Crippen LogP contribution is 2.46. The van der Waals surface area contributed by atoms with Crippen molar-refractivity contribution < 1.29 is 4.74 Å². The number of hydrogen-bond acceptors (Lipinski definition) is 1. The van der Waals surface area contributed by atoms with Gasteiger partial charge in [0.1, 0.15) is 12.2 Å². The van der Waals surface area contributed by atoms with Crippen molar-refractivity contribution in [2.24, 2.45) is 0 Å². The second kappa shape index (κ2) is 3.25. The predicted octanol–water partition coefficient (Wildman–Crippen LogP) is 4.46. The summed E-state index contributed by atoms with van der Waals surface area (Å²) in [5.74, 6) is 0. The Hall–Kier alpha value is -2.12. The van der Waals surface area contributed by atoms with Gasteiger partial charge in [0.25, 0.3) is 0 Å². The number of hydrogen-bond donors (Lipinski definition) is 0. The Labute approximate surface area is 111 Å². The molecule has 3 aromatic rings. The molecule has 1 heterocycles. The number of benzene rings is 3. The van der Waals surface area contributed by atoms with Gasteiger partial charge in [-0.1, -0.05) is 48.6 Å². The maximum Gasteiger partial charge on any atom is 0.114 e. The van der Waals surface area contributed by atoms with E-state index in [1.165, 1.54) is 32.7 Å².